The number of nitrogens with one attached hydrogen (secondary N) is 1. The molecule has 2 aliphatic rings. The van der Waals surface area contributed by atoms with Crippen molar-refractivity contribution in [2.24, 2.45) is 0 Å². The van der Waals surface area contributed by atoms with E-state index in [4.69, 9.17) is 0 Å². The summed E-state index contributed by atoms with van der Waals surface area (Å²) in [5, 5.41) is 4.64. The van der Waals surface area contributed by atoms with Gasteiger partial charge in [-0.2, -0.15) is 0 Å². The van der Waals surface area contributed by atoms with Crippen molar-refractivity contribution in [3.63, 3.8) is 0 Å². The molecule has 0 spiro atoms. The predicted octanol–water partition coefficient (Wildman–Crippen LogP) is 3.27. The minimum absolute atomic E-state index is 0.0884. The zero-order valence-electron chi connectivity index (χ0n) is 14.7. The van der Waals surface area contributed by atoms with Crippen LogP contribution in [0, 0.1) is 0 Å². The molecule has 1 heterocycles. The molecule has 134 valence electrons. The molecule has 0 unspecified atom stereocenters. The zero-order chi connectivity index (χ0) is 18.1. The van der Waals surface area contributed by atoms with Crippen molar-refractivity contribution in [2.75, 3.05) is 6.54 Å². The molecule has 0 aromatic heterocycles. The van der Waals surface area contributed by atoms with Crippen molar-refractivity contribution in [1.82, 2.24) is 10.2 Å². The molecular formula is C21H22N2O3. The van der Waals surface area contributed by atoms with E-state index in [1.165, 1.54) is 11.3 Å². The third kappa shape index (κ3) is 2.98. The van der Waals surface area contributed by atoms with Gasteiger partial charge in [0.1, 0.15) is 0 Å². The lowest BCUT2D eigenvalue weighted by atomic mass is 9.94. The van der Waals surface area contributed by atoms with Crippen LogP contribution >= 0.6 is 0 Å². The molecule has 1 fully saturated rings. The molecule has 1 N–H and O–H groups in total. The molecule has 0 saturated heterocycles. The second kappa shape index (κ2) is 6.90. The molecule has 1 aliphatic carbocycles. The summed E-state index contributed by atoms with van der Waals surface area (Å²) in [6, 6.07) is 11.2. The molecule has 5 nitrogen and oxygen atoms in total. The summed E-state index contributed by atoms with van der Waals surface area (Å²) in [6.45, 7) is 0.112. The fraction of sp³-hybridized carbons (Fsp3) is 0.381. The Morgan fingerprint density at radius 2 is 1.58 bits per heavy atom. The maximum Gasteiger partial charge on any atom is 0.261 e. The van der Waals surface area contributed by atoms with Crippen LogP contribution in [0.1, 0.15) is 59.2 Å². The smallest absolute Gasteiger partial charge is 0.261 e. The summed E-state index contributed by atoms with van der Waals surface area (Å²) in [5.74, 6) is -0.718. The number of rotatable bonds is 4. The molecule has 0 bridgehead atoms. The van der Waals surface area contributed by atoms with Gasteiger partial charge in [0.25, 0.3) is 11.8 Å². The minimum atomic E-state index is -0.315. The van der Waals surface area contributed by atoms with Crippen molar-refractivity contribution in [3.05, 3.63) is 47.5 Å². The number of hydrogen-bond donors (Lipinski definition) is 1. The van der Waals surface area contributed by atoms with Crippen LogP contribution in [-0.4, -0.2) is 35.2 Å². The highest BCUT2D eigenvalue weighted by molar-refractivity contribution is 6.25. The monoisotopic (exact) mass is 350 g/mol. The normalized spacial score (nSPS) is 17.6. The molecule has 2 aromatic rings. The Morgan fingerprint density at radius 1 is 0.962 bits per heavy atom. The van der Waals surface area contributed by atoms with Gasteiger partial charge in [0.15, 0.2) is 0 Å². The van der Waals surface area contributed by atoms with Crippen LogP contribution in [0.25, 0.3) is 10.8 Å². The van der Waals surface area contributed by atoms with Crippen LogP contribution in [0.2, 0.25) is 0 Å². The number of hydrogen-bond acceptors (Lipinski definition) is 3. The van der Waals surface area contributed by atoms with E-state index in [0.29, 0.717) is 16.5 Å². The van der Waals surface area contributed by atoms with Gasteiger partial charge in [0.05, 0.1) is 0 Å². The average Bonchev–Trinajstić information content (AvgIpc) is 2.66. The van der Waals surface area contributed by atoms with Crippen molar-refractivity contribution in [1.29, 1.82) is 0 Å². The highest BCUT2D eigenvalue weighted by Gasteiger charge is 2.32. The topological polar surface area (TPSA) is 66.5 Å². The van der Waals surface area contributed by atoms with E-state index in [2.05, 4.69) is 5.32 Å². The van der Waals surface area contributed by atoms with E-state index in [1.807, 2.05) is 24.3 Å². The number of carbonyl (C=O) groups is 3. The lowest BCUT2D eigenvalue weighted by Crippen LogP contribution is -2.43. The van der Waals surface area contributed by atoms with Crippen LogP contribution in [0.3, 0.4) is 0 Å². The van der Waals surface area contributed by atoms with Crippen molar-refractivity contribution < 1.29 is 14.4 Å². The SMILES string of the molecule is O=C(CCN1C(=O)c2cccc3cccc(c23)C1=O)NC1CCCCC1. The van der Waals surface area contributed by atoms with Gasteiger partial charge in [-0.15, -0.1) is 0 Å². The van der Waals surface area contributed by atoms with E-state index in [1.54, 1.807) is 12.1 Å². The summed E-state index contributed by atoms with van der Waals surface area (Å²) in [4.78, 5) is 39.0. The number of imide groups is 1. The maximum atomic E-state index is 12.8. The molecule has 3 amide bonds. The number of amides is 3. The number of nitrogens with zero attached hydrogens (tertiary/aromatic N) is 1. The average molecular weight is 350 g/mol. The first-order valence-electron chi connectivity index (χ1n) is 9.32. The van der Waals surface area contributed by atoms with Crippen molar-refractivity contribution in [3.8, 4) is 0 Å². The van der Waals surface area contributed by atoms with Crippen molar-refractivity contribution >= 4 is 28.5 Å². The first-order valence-corrected chi connectivity index (χ1v) is 9.32. The summed E-state index contributed by atoms with van der Waals surface area (Å²) < 4.78 is 0. The number of benzene rings is 2. The fourth-order valence-electron chi connectivity index (χ4n) is 4.04. The van der Waals surface area contributed by atoms with Gasteiger partial charge in [0.2, 0.25) is 5.91 Å². The van der Waals surface area contributed by atoms with Crippen LogP contribution in [-0.2, 0) is 4.79 Å². The van der Waals surface area contributed by atoms with Gasteiger partial charge in [-0.25, -0.2) is 0 Å². The molecule has 0 atom stereocenters. The van der Waals surface area contributed by atoms with E-state index >= 15 is 0 Å². The third-order valence-corrected chi connectivity index (χ3v) is 5.39. The molecule has 2 aromatic carbocycles. The number of carbonyl (C=O) groups excluding carboxylic acids is 3. The molecular weight excluding hydrogens is 328 g/mol. The fourth-order valence-corrected chi connectivity index (χ4v) is 4.04. The Hall–Kier alpha value is -2.69. The Labute approximate surface area is 152 Å². The minimum Gasteiger partial charge on any atom is -0.353 e. The first kappa shape index (κ1) is 16.8. The Bertz CT molecular complexity index is 833. The third-order valence-electron chi connectivity index (χ3n) is 5.39. The van der Waals surface area contributed by atoms with Gasteiger partial charge in [-0.05, 0) is 30.4 Å². The molecule has 1 saturated carbocycles. The summed E-state index contributed by atoms with van der Waals surface area (Å²) >= 11 is 0. The van der Waals surface area contributed by atoms with Gasteiger partial charge in [-0.3, -0.25) is 19.3 Å². The van der Waals surface area contributed by atoms with Crippen LogP contribution in [0.15, 0.2) is 36.4 Å². The molecule has 5 heteroatoms. The van der Waals surface area contributed by atoms with E-state index < -0.39 is 0 Å². The van der Waals surface area contributed by atoms with E-state index in [0.717, 1.165) is 31.1 Å². The zero-order valence-corrected chi connectivity index (χ0v) is 14.7. The standard InChI is InChI=1S/C21H22N2O3/c24-18(22-15-8-2-1-3-9-15)12-13-23-20(25)16-10-4-6-14-7-5-11-17(19(14)16)21(23)26/h4-7,10-11,15H,1-3,8-9,12-13H2,(H,22,24). The van der Waals surface area contributed by atoms with Crippen LogP contribution in [0.4, 0.5) is 0 Å². The Morgan fingerprint density at radius 3 is 2.19 bits per heavy atom. The lowest BCUT2D eigenvalue weighted by molar-refractivity contribution is -0.122. The van der Waals surface area contributed by atoms with Gasteiger partial charge in [-0.1, -0.05) is 43.5 Å². The lowest BCUT2D eigenvalue weighted by Gasteiger charge is -2.27. The second-order valence-electron chi connectivity index (χ2n) is 7.12. The van der Waals surface area contributed by atoms with Gasteiger partial charge in [0, 0.05) is 35.5 Å². The van der Waals surface area contributed by atoms with E-state index in [-0.39, 0.29) is 36.7 Å². The van der Waals surface area contributed by atoms with Crippen LogP contribution in [0.5, 0.6) is 0 Å². The summed E-state index contributed by atoms with van der Waals surface area (Å²) in [7, 11) is 0. The summed E-state index contributed by atoms with van der Waals surface area (Å²) in [5.41, 5.74) is 1.07. The highest BCUT2D eigenvalue weighted by Crippen LogP contribution is 2.30. The first-order chi connectivity index (χ1) is 12.6. The molecule has 0 radical (unpaired) electrons. The Kier molecular flexibility index (Phi) is 4.45. The summed E-state index contributed by atoms with van der Waals surface area (Å²) in [6.07, 6.45) is 5.70. The maximum absolute atomic E-state index is 12.8. The van der Waals surface area contributed by atoms with Gasteiger partial charge >= 0.3 is 0 Å². The molecule has 1 aliphatic heterocycles. The predicted molar refractivity (Wildman–Crippen MR) is 98.9 cm³/mol. The van der Waals surface area contributed by atoms with Crippen LogP contribution < -0.4 is 5.32 Å². The highest BCUT2D eigenvalue weighted by atomic mass is 16.2. The van der Waals surface area contributed by atoms with E-state index in [9.17, 15) is 14.4 Å². The quantitative estimate of drug-likeness (QED) is 0.861. The Balaban J connectivity index is 1.49. The largest absolute Gasteiger partial charge is 0.353 e. The van der Waals surface area contributed by atoms with Gasteiger partial charge < -0.3 is 5.32 Å². The molecule has 26 heavy (non-hydrogen) atoms. The van der Waals surface area contributed by atoms with Crippen molar-refractivity contribution in [2.45, 2.75) is 44.6 Å². The molecule has 4 rings (SSSR count). The second-order valence-corrected chi connectivity index (χ2v) is 7.12.